The van der Waals surface area contributed by atoms with Gasteiger partial charge in [-0.2, -0.15) is 0 Å². The summed E-state index contributed by atoms with van der Waals surface area (Å²) in [6, 6.07) is 10.1. The first-order valence-electron chi connectivity index (χ1n) is 9.69. The van der Waals surface area contributed by atoms with E-state index in [1.54, 1.807) is 22.5 Å². The van der Waals surface area contributed by atoms with Gasteiger partial charge in [-0.1, -0.05) is 11.3 Å². The third-order valence-electron chi connectivity index (χ3n) is 5.14. The van der Waals surface area contributed by atoms with Crippen molar-refractivity contribution in [3.63, 3.8) is 0 Å². The summed E-state index contributed by atoms with van der Waals surface area (Å²) in [5.74, 6) is -0.419. The monoisotopic (exact) mass is 478 g/mol. The molecule has 1 aliphatic heterocycles. The van der Waals surface area contributed by atoms with Crippen molar-refractivity contribution in [3.8, 4) is 0 Å². The Hall–Kier alpha value is -2.17. The molecule has 1 amide bonds. The number of anilines is 1. The van der Waals surface area contributed by atoms with Crippen molar-refractivity contribution in [2.24, 2.45) is 0 Å². The number of thiazole rings is 2. The van der Waals surface area contributed by atoms with Gasteiger partial charge in [0.1, 0.15) is 5.82 Å². The van der Waals surface area contributed by atoms with E-state index in [2.05, 4.69) is 14.9 Å². The Kier molecular flexibility index (Phi) is 6.78. The van der Waals surface area contributed by atoms with E-state index in [4.69, 9.17) is 4.74 Å². The Bertz CT molecular complexity index is 1210. The second-order valence-corrected chi connectivity index (χ2v) is 8.95. The van der Waals surface area contributed by atoms with Gasteiger partial charge < -0.3 is 4.74 Å². The molecule has 1 aliphatic rings. The molecule has 0 unspecified atom stereocenters. The van der Waals surface area contributed by atoms with Gasteiger partial charge in [-0.25, -0.2) is 14.4 Å². The Morgan fingerprint density at radius 2 is 1.94 bits per heavy atom. The predicted octanol–water partition coefficient (Wildman–Crippen LogP) is 4.45. The molecule has 162 valence electrons. The number of hydrogen-bond acceptors (Lipinski definition) is 7. The molecule has 3 heterocycles. The number of amides is 1. The van der Waals surface area contributed by atoms with Gasteiger partial charge in [0.15, 0.2) is 5.13 Å². The average molecular weight is 479 g/mol. The van der Waals surface area contributed by atoms with Crippen LogP contribution in [0.3, 0.4) is 0 Å². The van der Waals surface area contributed by atoms with Crippen LogP contribution < -0.4 is 4.90 Å². The number of fused-ring (bicyclic) bond motifs is 2. The molecule has 1 saturated heterocycles. The predicted molar refractivity (Wildman–Crippen MR) is 125 cm³/mol. The first kappa shape index (κ1) is 22.0. The maximum Gasteiger partial charge on any atom is 0.260 e. The van der Waals surface area contributed by atoms with Crippen LogP contribution in [0, 0.1) is 5.82 Å². The molecule has 0 N–H and O–H groups in total. The Morgan fingerprint density at radius 3 is 2.77 bits per heavy atom. The maximum absolute atomic E-state index is 13.7. The maximum atomic E-state index is 13.7. The van der Waals surface area contributed by atoms with Crippen molar-refractivity contribution in [1.82, 2.24) is 14.9 Å². The lowest BCUT2D eigenvalue weighted by atomic mass is 10.2. The third-order valence-corrected chi connectivity index (χ3v) is 6.97. The fraction of sp³-hybridized carbons (Fsp3) is 0.286. The molecule has 2 aromatic carbocycles. The standard InChI is InChI=1S/C21H19FN4O2S2.ClH/c22-15-2-4-17-19(12-15)30-21(24-17)26(6-5-25-7-9-28-10-8-25)20(27)14-1-3-16-18(11-14)29-13-23-16;/h1-4,11-13H,5-10H2;1H. The molecule has 2 aromatic heterocycles. The van der Waals surface area contributed by atoms with E-state index in [0.29, 0.717) is 36.0 Å². The van der Waals surface area contributed by atoms with Gasteiger partial charge in [0.2, 0.25) is 0 Å². The van der Waals surface area contributed by atoms with Gasteiger partial charge in [-0.15, -0.1) is 23.7 Å². The van der Waals surface area contributed by atoms with Crippen LogP contribution in [0.15, 0.2) is 41.9 Å². The Morgan fingerprint density at radius 1 is 1.13 bits per heavy atom. The Labute approximate surface area is 192 Å². The topological polar surface area (TPSA) is 58.6 Å². The SMILES string of the molecule is Cl.O=C(c1ccc2ncsc2c1)N(CCN1CCOCC1)c1nc2ccc(F)cc2s1. The number of nitrogens with zero attached hydrogens (tertiary/aromatic N) is 4. The number of morpholine rings is 1. The van der Waals surface area contributed by atoms with E-state index in [0.717, 1.165) is 34.6 Å². The van der Waals surface area contributed by atoms with E-state index < -0.39 is 0 Å². The van der Waals surface area contributed by atoms with Crippen molar-refractivity contribution in [3.05, 3.63) is 53.3 Å². The van der Waals surface area contributed by atoms with Gasteiger partial charge >= 0.3 is 0 Å². The van der Waals surface area contributed by atoms with Gasteiger partial charge in [0.25, 0.3) is 5.91 Å². The van der Waals surface area contributed by atoms with Crippen LogP contribution in [0.25, 0.3) is 20.4 Å². The van der Waals surface area contributed by atoms with E-state index in [9.17, 15) is 9.18 Å². The molecule has 0 radical (unpaired) electrons. The van der Waals surface area contributed by atoms with Crippen LogP contribution in [0.5, 0.6) is 0 Å². The van der Waals surface area contributed by atoms with Crippen molar-refractivity contribution in [2.75, 3.05) is 44.3 Å². The summed E-state index contributed by atoms with van der Waals surface area (Å²) in [6.45, 7) is 4.33. The van der Waals surface area contributed by atoms with Crippen LogP contribution in [0.1, 0.15) is 10.4 Å². The molecule has 4 aromatic rings. The van der Waals surface area contributed by atoms with Crippen LogP contribution in [-0.2, 0) is 4.74 Å². The minimum absolute atomic E-state index is 0. The summed E-state index contributed by atoms with van der Waals surface area (Å²) in [7, 11) is 0. The highest BCUT2D eigenvalue weighted by Crippen LogP contribution is 2.31. The van der Waals surface area contributed by atoms with Gasteiger partial charge in [0, 0.05) is 31.7 Å². The van der Waals surface area contributed by atoms with Crippen LogP contribution >= 0.6 is 35.1 Å². The molecule has 5 rings (SSSR count). The lowest BCUT2D eigenvalue weighted by Gasteiger charge is -2.29. The molecule has 0 spiro atoms. The second-order valence-electron chi connectivity index (χ2n) is 7.05. The highest BCUT2D eigenvalue weighted by atomic mass is 35.5. The lowest BCUT2D eigenvalue weighted by molar-refractivity contribution is 0.0391. The number of carbonyl (C=O) groups is 1. The summed E-state index contributed by atoms with van der Waals surface area (Å²) >= 11 is 2.84. The van der Waals surface area contributed by atoms with E-state index in [1.807, 2.05) is 12.1 Å². The molecule has 0 atom stereocenters. The molecule has 1 fully saturated rings. The average Bonchev–Trinajstić information content (AvgIpc) is 3.40. The summed E-state index contributed by atoms with van der Waals surface area (Å²) in [5, 5.41) is 0.582. The smallest absolute Gasteiger partial charge is 0.260 e. The summed E-state index contributed by atoms with van der Waals surface area (Å²) in [4.78, 5) is 26.4. The molecular weight excluding hydrogens is 459 g/mol. The van der Waals surface area contributed by atoms with Gasteiger partial charge in [0.05, 0.1) is 39.2 Å². The normalized spacial score (nSPS) is 14.6. The highest BCUT2D eigenvalue weighted by molar-refractivity contribution is 7.22. The van der Waals surface area contributed by atoms with Crippen molar-refractivity contribution in [1.29, 1.82) is 0 Å². The molecule has 10 heteroatoms. The van der Waals surface area contributed by atoms with Gasteiger partial charge in [-0.05, 0) is 36.4 Å². The second kappa shape index (κ2) is 9.54. The van der Waals surface area contributed by atoms with Crippen LogP contribution in [0.2, 0.25) is 0 Å². The summed E-state index contributed by atoms with van der Waals surface area (Å²) < 4.78 is 20.8. The zero-order valence-electron chi connectivity index (χ0n) is 16.5. The first-order chi connectivity index (χ1) is 14.7. The molecule has 6 nitrogen and oxygen atoms in total. The minimum atomic E-state index is -0.306. The number of ether oxygens (including phenoxy) is 1. The highest BCUT2D eigenvalue weighted by Gasteiger charge is 2.23. The number of carbonyl (C=O) groups excluding carboxylic acids is 1. The quantitative estimate of drug-likeness (QED) is 0.424. The van der Waals surface area contributed by atoms with Crippen LogP contribution in [0.4, 0.5) is 9.52 Å². The number of aromatic nitrogens is 2. The summed E-state index contributed by atoms with van der Waals surface area (Å²) in [5.41, 5.74) is 3.95. The number of halogens is 2. The fourth-order valence-corrected chi connectivity index (χ4v) is 5.23. The molecule has 0 bridgehead atoms. The number of benzene rings is 2. The van der Waals surface area contributed by atoms with E-state index in [1.165, 1.54) is 34.8 Å². The fourth-order valence-electron chi connectivity index (χ4n) is 3.50. The zero-order valence-corrected chi connectivity index (χ0v) is 18.9. The number of rotatable bonds is 5. The van der Waals surface area contributed by atoms with Crippen LogP contribution in [-0.4, -0.2) is 60.2 Å². The summed E-state index contributed by atoms with van der Waals surface area (Å²) in [6.07, 6.45) is 0. The van der Waals surface area contributed by atoms with E-state index >= 15 is 0 Å². The van der Waals surface area contributed by atoms with Crippen molar-refractivity contribution < 1.29 is 13.9 Å². The van der Waals surface area contributed by atoms with E-state index in [-0.39, 0.29) is 24.1 Å². The zero-order chi connectivity index (χ0) is 20.5. The largest absolute Gasteiger partial charge is 0.379 e. The van der Waals surface area contributed by atoms with Crippen molar-refractivity contribution >= 4 is 66.6 Å². The lowest BCUT2D eigenvalue weighted by Crippen LogP contribution is -2.43. The van der Waals surface area contributed by atoms with Crippen molar-refractivity contribution in [2.45, 2.75) is 0 Å². The van der Waals surface area contributed by atoms with Gasteiger partial charge in [-0.3, -0.25) is 14.6 Å². The molecule has 0 aliphatic carbocycles. The molecular formula is C21H20ClFN4O2S2. The number of hydrogen-bond donors (Lipinski definition) is 0. The minimum Gasteiger partial charge on any atom is -0.379 e. The third kappa shape index (κ3) is 4.70. The Balaban J connectivity index is 0.00000231. The molecule has 0 saturated carbocycles. The molecule has 31 heavy (non-hydrogen) atoms. The first-order valence-corrected chi connectivity index (χ1v) is 11.4.